The van der Waals surface area contributed by atoms with Crippen LogP contribution >= 0.6 is 0 Å². The zero-order valence-electron chi connectivity index (χ0n) is 7.95. The third-order valence-electron chi connectivity index (χ3n) is 1.43. The molecule has 0 aromatic heterocycles. The van der Waals surface area contributed by atoms with Crippen molar-refractivity contribution in [1.29, 1.82) is 0 Å². The van der Waals surface area contributed by atoms with Crippen LogP contribution in [0, 0.1) is 0 Å². The zero-order chi connectivity index (χ0) is 9.40. The molecule has 1 aliphatic heterocycles. The molecule has 0 spiro atoms. The largest absolute Gasteiger partial charge is 0.376 e. The summed E-state index contributed by atoms with van der Waals surface area (Å²) in [6.07, 6.45) is 1.86. The Hall–Kier alpha value is -0.380. The van der Waals surface area contributed by atoms with Crippen molar-refractivity contribution in [3.63, 3.8) is 0 Å². The fourth-order valence-corrected chi connectivity index (χ4v) is 0.810. The van der Waals surface area contributed by atoms with Gasteiger partial charge in [-0.2, -0.15) is 0 Å². The van der Waals surface area contributed by atoms with Gasteiger partial charge in [-0.25, -0.2) is 0 Å². The Kier molecular flexibility index (Phi) is 7.05. The van der Waals surface area contributed by atoms with Crippen LogP contribution in [0.15, 0.2) is 12.7 Å². The van der Waals surface area contributed by atoms with Crippen LogP contribution in [-0.2, 0) is 9.47 Å². The maximum absolute atomic E-state index is 5.56. The molecule has 2 atom stereocenters. The molecule has 1 unspecified atom stereocenters. The second kappa shape index (κ2) is 7.28. The van der Waals surface area contributed by atoms with E-state index < -0.39 is 0 Å². The summed E-state index contributed by atoms with van der Waals surface area (Å²) < 4.78 is 10.4. The average molecular weight is 173 g/mol. The number of allylic oxidation sites excluding steroid dienone is 1. The number of ether oxygens (including phenoxy) is 2. The van der Waals surface area contributed by atoms with Crippen molar-refractivity contribution in [2.24, 2.45) is 5.73 Å². The van der Waals surface area contributed by atoms with Crippen LogP contribution in [-0.4, -0.2) is 32.0 Å². The molecule has 1 aliphatic rings. The molecule has 1 heterocycles. The summed E-state index contributed by atoms with van der Waals surface area (Å²) >= 11 is 0. The number of nitrogens with two attached hydrogens (primary N) is 1. The Morgan fingerprint density at radius 1 is 1.58 bits per heavy atom. The lowest BCUT2D eigenvalue weighted by Crippen LogP contribution is -2.41. The van der Waals surface area contributed by atoms with Crippen molar-refractivity contribution in [2.45, 2.75) is 26.0 Å². The Morgan fingerprint density at radius 2 is 2.17 bits per heavy atom. The van der Waals surface area contributed by atoms with Crippen LogP contribution in [0.1, 0.15) is 13.8 Å². The van der Waals surface area contributed by atoms with Crippen molar-refractivity contribution in [3.8, 4) is 0 Å². The van der Waals surface area contributed by atoms with Gasteiger partial charge in [-0.1, -0.05) is 6.08 Å². The van der Waals surface area contributed by atoms with Gasteiger partial charge in [0.15, 0.2) is 0 Å². The second-order valence-electron chi connectivity index (χ2n) is 2.75. The summed E-state index contributed by atoms with van der Waals surface area (Å²) in [5.41, 5.74) is 5.56. The standard InChI is InChI=1S/C6H13NO2.C3H6/c1-5(7)6-4-8-2-3-9-6;1-3-2/h5-6H,2-4,7H2,1H3;3H,1H2,2H3/t5-,6?;/m0./s1. The van der Waals surface area contributed by atoms with Gasteiger partial charge >= 0.3 is 0 Å². The molecule has 0 aromatic carbocycles. The Labute approximate surface area is 74.5 Å². The van der Waals surface area contributed by atoms with Crippen molar-refractivity contribution >= 4 is 0 Å². The molecular weight excluding hydrogens is 154 g/mol. The highest BCUT2D eigenvalue weighted by atomic mass is 16.6. The van der Waals surface area contributed by atoms with Crippen LogP contribution in [0.4, 0.5) is 0 Å². The predicted molar refractivity (Wildman–Crippen MR) is 50.1 cm³/mol. The minimum Gasteiger partial charge on any atom is -0.376 e. The molecule has 1 fully saturated rings. The fraction of sp³-hybridized carbons (Fsp3) is 0.778. The smallest absolute Gasteiger partial charge is 0.0957 e. The van der Waals surface area contributed by atoms with Crippen molar-refractivity contribution < 1.29 is 9.47 Å². The molecule has 0 saturated carbocycles. The van der Waals surface area contributed by atoms with Crippen LogP contribution in [0.5, 0.6) is 0 Å². The van der Waals surface area contributed by atoms with Crippen molar-refractivity contribution in [3.05, 3.63) is 12.7 Å². The quantitative estimate of drug-likeness (QED) is 0.600. The van der Waals surface area contributed by atoms with Crippen LogP contribution < -0.4 is 5.73 Å². The van der Waals surface area contributed by atoms with Gasteiger partial charge < -0.3 is 15.2 Å². The number of hydrogen-bond donors (Lipinski definition) is 1. The molecule has 0 aliphatic carbocycles. The minimum atomic E-state index is 0.0882. The van der Waals surface area contributed by atoms with Gasteiger partial charge in [0, 0.05) is 6.04 Å². The molecule has 1 saturated heterocycles. The Bertz CT molecular complexity index is 109. The molecule has 3 heteroatoms. The van der Waals surface area contributed by atoms with E-state index in [0.717, 1.165) is 0 Å². The van der Waals surface area contributed by atoms with Crippen molar-refractivity contribution in [2.75, 3.05) is 19.8 Å². The molecule has 12 heavy (non-hydrogen) atoms. The van der Waals surface area contributed by atoms with E-state index in [9.17, 15) is 0 Å². The first kappa shape index (κ1) is 11.6. The first-order chi connectivity index (χ1) is 5.72. The molecule has 2 N–H and O–H groups in total. The Morgan fingerprint density at radius 3 is 2.42 bits per heavy atom. The fourth-order valence-electron chi connectivity index (χ4n) is 0.810. The summed E-state index contributed by atoms with van der Waals surface area (Å²) in [7, 11) is 0. The van der Waals surface area contributed by atoms with E-state index in [0.29, 0.717) is 19.8 Å². The summed E-state index contributed by atoms with van der Waals surface area (Å²) in [6, 6.07) is 0.0882. The lowest BCUT2D eigenvalue weighted by atomic mass is 10.2. The summed E-state index contributed by atoms with van der Waals surface area (Å²) in [6.45, 7) is 9.23. The van der Waals surface area contributed by atoms with E-state index in [4.69, 9.17) is 15.2 Å². The third-order valence-corrected chi connectivity index (χ3v) is 1.43. The summed E-state index contributed by atoms with van der Waals surface area (Å²) in [5, 5.41) is 0. The lowest BCUT2D eigenvalue weighted by Gasteiger charge is -2.25. The van der Waals surface area contributed by atoms with Gasteiger partial charge in [-0.3, -0.25) is 0 Å². The van der Waals surface area contributed by atoms with Gasteiger partial charge in [0.25, 0.3) is 0 Å². The minimum absolute atomic E-state index is 0.0882. The van der Waals surface area contributed by atoms with E-state index in [-0.39, 0.29) is 12.1 Å². The third kappa shape index (κ3) is 5.29. The molecule has 0 amide bonds. The molecule has 72 valence electrons. The van der Waals surface area contributed by atoms with Crippen LogP contribution in [0.2, 0.25) is 0 Å². The highest BCUT2D eigenvalue weighted by Crippen LogP contribution is 2.02. The maximum Gasteiger partial charge on any atom is 0.0957 e. The number of hydrogen-bond acceptors (Lipinski definition) is 3. The molecule has 0 aromatic rings. The zero-order valence-corrected chi connectivity index (χ0v) is 7.95. The number of rotatable bonds is 1. The first-order valence-corrected chi connectivity index (χ1v) is 4.24. The monoisotopic (exact) mass is 173 g/mol. The van der Waals surface area contributed by atoms with Gasteiger partial charge in [-0.05, 0) is 13.8 Å². The van der Waals surface area contributed by atoms with Crippen molar-refractivity contribution in [1.82, 2.24) is 0 Å². The molecule has 0 bridgehead atoms. The molecule has 3 nitrogen and oxygen atoms in total. The first-order valence-electron chi connectivity index (χ1n) is 4.24. The van der Waals surface area contributed by atoms with Crippen LogP contribution in [0.25, 0.3) is 0 Å². The second-order valence-corrected chi connectivity index (χ2v) is 2.75. The van der Waals surface area contributed by atoms with Gasteiger partial charge in [0.05, 0.1) is 25.9 Å². The maximum atomic E-state index is 5.56. The molecule has 1 rings (SSSR count). The van der Waals surface area contributed by atoms with E-state index >= 15 is 0 Å². The van der Waals surface area contributed by atoms with Gasteiger partial charge in [0.1, 0.15) is 0 Å². The molecular formula is C9H19NO2. The topological polar surface area (TPSA) is 44.5 Å². The summed E-state index contributed by atoms with van der Waals surface area (Å²) in [4.78, 5) is 0. The van der Waals surface area contributed by atoms with Crippen LogP contribution in [0.3, 0.4) is 0 Å². The van der Waals surface area contributed by atoms with E-state index in [1.807, 2.05) is 13.8 Å². The Balaban J connectivity index is 0.000000354. The lowest BCUT2D eigenvalue weighted by molar-refractivity contribution is -0.0948. The predicted octanol–water partition coefficient (Wildman–Crippen LogP) is 0.941. The normalized spacial score (nSPS) is 25.1. The summed E-state index contributed by atoms with van der Waals surface area (Å²) in [5.74, 6) is 0. The van der Waals surface area contributed by atoms with E-state index in [1.54, 1.807) is 6.08 Å². The average Bonchev–Trinajstić information content (AvgIpc) is 2.07. The van der Waals surface area contributed by atoms with E-state index in [1.165, 1.54) is 0 Å². The highest BCUT2D eigenvalue weighted by molar-refractivity contribution is 4.69. The molecule has 0 radical (unpaired) electrons. The van der Waals surface area contributed by atoms with Gasteiger partial charge in [0.2, 0.25) is 0 Å². The van der Waals surface area contributed by atoms with Gasteiger partial charge in [-0.15, -0.1) is 6.58 Å². The SMILES string of the molecule is C=CC.C[C@H](N)C1COCCO1. The van der Waals surface area contributed by atoms with E-state index in [2.05, 4.69) is 6.58 Å². The highest BCUT2D eigenvalue weighted by Gasteiger charge is 2.17.